The van der Waals surface area contributed by atoms with Gasteiger partial charge in [0.25, 0.3) is 0 Å². The van der Waals surface area contributed by atoms with E-state index in [1.807, 2.05) is 11.8 Å². The van der Waals surface area contributed by atoms with Crippen LogP contribution in [0.5, 0.6) is 0 Å². The first kappa shape index (κ1) is 12.7. The normalized spacial score (nSPS) is 17.6. The van der Waals surface area contributed by atoms with Crippen LogP contribution in [-0.2, 0) is 0 Å². The molecule has 17 heavy (non-hydrogen) atoms. The zero-order chi connectivity index (χ0) is 12.1. The Hall–Kier alpha value is -0.760. The van der Waals surface area contributed by atoms with Crippen LogP contribution < -0.4 is 0 Å². The summed E-state index contributed by atoms with van der Waals surface area (Å²) < 4.78 is 0. The molecule has 1 saturated carbocycles. The standard InChI is InChI=1S/C15H21NS/c1-3-15(17-14-6-4-5-7-14)16-13-10-8-12(2)9-11-13/h8-11,14H,3-7H2,1-2H3. The second-order valence-corrected chi connectivity index (χ2v) is 6.09. The molecule has 1 aromatic rings. The molecule has 0 amide bonds. The van der Waals surface area contributed by atoms with Crippen LogP contribution in [0.25, 0.3) is 0 Å². The van der Waals surface area contributed by atoms with Crippen LogP contribution in [0, 0.1) is 6.92 Å². The van der Waals surface area contributed by atoms with Crippen LogP contribution in [0.2, 0.25) is 0 Å². The van der Waals surface area contributed by atoms with Gasteiger partial charge in [-0.2, -0.15) is 0 Å². The van der Waals surface area contributed by atoms with Gasteiger partial charge in [-0.1, -0.05) is 37.5 Å². The van der Waals surface area contributed by atoms with Crippen LogP contribution in [-0.4, -0.2) is 10.3 Å². The molecule has 0 aliphatic heterocycles. The molecule has 1 aliphatic carbocycles. The van der Waals surface area contributed by atoms with Crippen LogP contribution >= 0.6 is 11.8 Å². The first-order valence-electron chi connectivity index (χ1n) is 6.59. The molecule has 0 heterocycles. The maximum absolute atomic E-state index is 4.76. The van der Waals surface area contributed by atoms with E-state index in [9.17, 15) is 0 Å². The Labute approximate surface area is 109 Å². The summed E-state index contributed by atoms with van der Waals surface area (Å²) in [6.07, 6.45) is 6.60. The highest BCUT2D eigenvalue weighted by molar-refractivity contribution is 8.14. The summed E-state index contributed by atoms with van der Waals surface area (Å²) >= 11 is 2.00. The summed E-state index contributed by atoms with van der Waals surface area (Å²) in [5.74, 6) is 0. The van der Waals surface area contributed by atoms with Gasteiger partial charge < -0.3 is 0 Å². The fourth-order valence-corrected chi connectivity index (χ4v) is 3.43. The number of rotatable bonds is 3. The summed E-state index contributed by atoms with van der Waals surface area (Å²) in [4.78, 5) is 4.76. The van der Waals surface area contributed by atoms with Crippen molar-refractivity contribution in [2.24, 2.45) is 4.99 Å². The van der Waals surface area contributed by atoms with Crippen molar-refractivity contribution in [1.82, 2.24) is 0 Å². The molecule has 0 saturated heterocycles. The first-order chi connectivity index (χ1) is 8.28. The van der Waals surface area contributed by atoms with Crippen LogP contribution in [0.1, 0.15) is 44.6 Å². The molecule has 1 nitrogen and oxygen atoms in total. The minimum atomic E-state index is 0.819. The topological polar surface area (TPSA) is 12.4 Å². The Bertz CT molecular complexity index is 374. The lowest BCUT2D eigenvalue weighted by Gasteiger charge is -2.09. The van der Waals surface area contributed by atoms with Crippen molar-refractivity contribution < 1.29 is 0 Å². The van der Waals surface area contributed by atoms with Gasteiger partial charge in [-0.15, -0.1) is 11.8 Å². The molecule has 1 aromatic carbocycles. The second kappa shape index (κ2) is 6.25. The fourth-order valence-electron chi connectivity index (χ4n) is 2.15. The van der Waals surface area contributed by atoms with E-state index < -0.39 is 0 Å². The van der Waals surface area contributed by atoms with E-state index >= 15 is 0 Å². The Kier molecular flexibility index (Phi) is 4.66. The third-order valence-corrected chi connectivity index (χ3v) is 4.65. The number of aliphatic imine (C=N–C) groups is 1. The lowest BCUT2D eigenvalue weighted by atomic mass is 10.2. The van der Waals surface area contributed by atoms with Crippen LogP contribution in [0.15, 0.2) is 29.3 Å². The van der Waals surface area contributed by atoms with Gasteiger partial charge in [0.15, 0.2) is 0 Å². The van der Waals surface area contributed by atoms with E-state index in [-0.39, 0.29) is 0 Å². The molecule has 1 aliphatic rings. The maximum atomic E-state index is 4.76. The van der Waals surface area contributed by atoms with Gasteiger partial charge in [0.2, 0.25) is 0 Å². The zero-order valence-corrected chi connectivity index (χ0v) is 11.6. The Morgan fingerprint density at radius 1 is 1.24 bits per heavy atom. The summed E-state index contributed by atoms with van der Waals surface area (Å²) in [5, 5.41) is 2.11. The van der Waals surface area contributed by atoms with Gasteiger partial charge in [0.05, 0.1) is 10.7 Å². The summed E-state index contributed by atoms with van der Waals surface area (Å²) in [6.45, 7) is 4.32. The van der Waals surface area contributed by atoms with E-state index in [0.717, 1.165) is 17.4 Å². The van der Waals surface area contributed by atoms with E-state index in [1.54, 1.807) is 0 Å². The molecule has 0 N–H and O–H groups in total. The monoisotopic (exact) mass is 247 g/mol. The van der Waals surface area contributed by atoms with Crippen molar-refractivity contribution in [3.05, 3.63) is 29.8 Å². The van der Waals surface area contributed by atoms with Crippen LogP contribution in [0.3, 0.4) is 0 Å². The lowest BCUT2D eigenvalue weighted by molar-refractivity contribution is 0.886. The Morgan fingerprint density at radius 3 is 2.47 bits per heavy atom. The minimum absolute atomic E-state index is 0.819. The average molecular weight is 247 g/mol. The minimum Gasteiger partial charge on any atom is -0.247 e. The van der Waals surface area contributed by atoms with Crippen molar-refractivity contribution in [2.45, 2.75) is 51.2 Å². The highest BCUT2D eigenvalue weighted by atomic mass is 32.2. The molecule has 0 spiro atoms. The van der Waals surface area contributed by atoms with E-state index in [1.165, 1.54) is 36.3 Å². The van der Waals surface area contributed by atoms with Crippen molar-refractivity contribution >= 4 is 22.5 Å². The zero-order valence-electron chi connectivity index (χ0n) is 10.8. The van der Waals surface area contributed by atoms with E-state index in [2.05, 4.69) is 38.1 Å². The number of thioether (sulfide) groups is 1. The predicted molar refractivity (Wildman–Crippen MR) is 78.4 cm³/mol. The maximum Gasteiger partial charge on any atom is 0.0738 e. The molecule has 2 rings (SSSR count). The van der Waals surface area contributed by atoms with Gasteiger partial charge in [-0.25, -0.2) is 4.99 Å². The van der Waals surface area contributed by atoms with Gasteiger partial charge in [-0.05, 0) is 38.3 Å². The molecule has 0 aromatic heterocycles. The van der Waals surface area contributed by atoms with Gasteiger partial charge in [-0.3, -0.25) is 0 Å². The molecule has 92 valence electrons. The highest BCUT2D eigenvalue weighted by Crippen LogP contribution is 2.32. The number of nitrogens with zero attached hydrogens (tertiary/aromatic N) is 1. The van der Waals surface area contributed by atoms with Crippen molar-refractivity contribution in [3.8, 4) is 0 Å². The average Bonchev–Trinajstić information content (AvgIpc) is 2.84. The Balaban J connectivity index is 2.03. The van der Waals surface area contributed by atoms with E-state index in [0.29, 0.717) is 0 Å². The van der Waals surface area contributed by atoms with Crippen LogP contribution in [0.4, 0.5) is 5.69 Å². The molecular weight excluding hydrogens is 226 g/mol. The summed E-state index contributed by atoms with van der Waals surface area (Å²) in [5.41, 5.74) is 2.39. The van der Waals surface area contributed by atoms with Crippen molar-refractivity contribution in [3.63, 3.8) is 0 Å². The van der Waals surface area contributed by atoms with Crippen molar-refractivity contribution in [1.29, 1.82) is 0 Å². The molecule has 0 unspecified atom stereocenters. The molecule has 0 bridgehead atoms. The molecule has 1 fully saturated rings. The predicted octanol–water partition coefficient (Wildman–Crippen LogP) is 5.11. The summed E-state index contributed by atoms with van der Waals surface area (Å²) in [7, 11) is 0. The molecule has 0 atom stereocenters. The third kappa shape index (κ3) is 3.88. The Morgan fingerprint density at radius 2 is 1.88 bits per heavy atom. The number of hydrogen-bond acceptors (Lipinski definition) is 2. The fraction of sp³-hybridized carbons (Fsp3) is 0.533. The molecular formula is C15H21NS. The smallest absolute Gasteiger partial charge is 0.0738 e. The third-order valence-electron chi connectivity index (χ3n) is 3.20. The molecule has 2 heteroatoms. The van der Waals surface area contributed by atoms with Gasteiger partial charge in [0, 0.05) is 5.25 Å². The molecule has 0 radical (unpaired) electrons. The number of benzene rings is 1. The second-order valence-electron chi connectivity index (χ2n) is 4.72. The van der Waals surface area contributed by atoms with E-state index in [4.69, 9.17) is 4.99 Å². The van der Waals surface area contributed by atoms with Gasteiger partial charge in [0.1, 0.15) is 0 Å². The first-order valence-corrected chi connectivity index (χ1v) is 7.47. The summed E-state index contributed by atoms with van der Waals surface area (Å²) in [6, 6.07) is 8.49. The lowest BCUT2D eigenvalue weighted by Crippen LogP contribution is -2.00. The quantitative estimate of drug-likeness (QED) is 0.534. The largest absolute Gasteiger partial charge is 0.247 e. The van der Waals surface area contributed by atoms with Gasteiger partial charge >= 0.3 is 0 Å². The SMILES string of the molecule is CCC(=Nc1ccc(C)cc1)SC1CCCC1. The highest BCUT2D eigenvalue weighted by Gasteiger charge is 2.17. The number of hydrogen-bond donors (Lipinski definition) is 0. The van der Waals surface area contributed by atoms with Crippen molar-refractivity contribution in [2.75, 3.05) is 0 Å². The number of aryl methyl sites for hydroxylation is 1.